The summed E-state index contributed by atoms with van der Waals surface area (Å²) < 4.78 is 5.54. The van der Waals surface area contributed by atoms with E-state index in [4.69, 9.17) is 16.1 Å². The summed E-state index contributed by atoms with van der Waals surface area (Å²) in [5, 5.41) is 12.9. The molecule has 0 radical (unpaired) electrons. The molecule has 0 bridgehead atoms. The van der Waals surface area contributed by atoms with Crippen molar-refractivity contribution in [2.24, 2.45) is 0 Å². The second-order valence-corrected chi connectivity index (χ2v) is 7.64. The van der Waals surface area contributed by atoms with E-state index in [1.54, 1.807) is 29.4 Å². The Balaban J connectivity index is 1.48. The smallest absolute Gasteiger partial charge is 0.275 e. The number of carbonyl (C=O) groups excluding carboxylic acids is 1. The number of hydrogen-bond donors (Lipinski definition) is 0. The van der Waals surface area contributed by atoms with Gasteiger partial charge in [-0.2, -0.15) is 15.2 Å². The minimum atomic E-state index is -0.336. The predicted octanol–water partition coefficient (Wildman–Crippen LogP) is 3.65. The van der Waals surface area contributed by atoms with Crippen molar-refractivity contribution in [1.29, 1.82) is 0 Å². The second-order valence-electron chi connectivity index (χ2n) is 7.23. The first-order valence-electron chi connectivity index (χ1n) is 9.85. The Labute approximate surface area is 182 Å². The molecule has 0 spiro atoms. The van der Waals surface area contributed by atoms with Gasteiger partial charge in [0, 0.05) is 17.8 Å². The molecule has 1 amide bonds. The Kier molecular flexibility index (Phi) is 4.95. The van der Waals surface area contributed by atoms with Crippen LogP contribution in [0.4, 0.5) is 0 Å². The van der Waals surface area contributed by atoms with Crippen LogP contribution in [-0.2, 0) is 0 Å². The second kappa shape index (κ2) is 7.92. The van der Waals surface area contributed by atoms with Gasteiger partial charge in [0.1, 0.15) is 11.7 Å². The summed E-state index contributed by atoms with van der Waals surface area (Å²) in [5.41, 5.74) is 2.22. The molecule has 9 nitrogen and oxygen atoms in total. The Morgan fingerprint density at radius 3 is 2.74 bits per heavy atom. The van der Waals surface area contributed by atoms with Crippen LogP contribution < -0.4 is 0 Å². The van der Waals surface area contributed by atoms with Crippen molar-refractivity contribution in [3.05, 3.63) is 71.1 Å². The molecule has 4 heterocycles. The minimum absolute atomic E-state index is 0.226. The van der Waals surface area contributed by atoms with Crippen molar-refractivity contribution in [1.82, 2.24) is 35.0 Å². The summed E-state index contributed by atoms with van der Waals surface area (Å²) in [6.45, 7) is 2.40. The highest BCUT2D eigenvalue weighted by Crippen LogP contribution is 2.34. The lowest BCUT2D eigenvalue weighted by Gasteiger charge is -2.22. The van der Waals surface area contributed by atoms with E-state index in [9.17, 15) is 4.79 Å². The third-order valence-corrected chi connectivity index (χ3v) is 5.53. The molecule has 1 saturated heterocycles. The monoisotopic (exact) mass is 435 g/mol. The maximum Gasteiger partial charge on any atom is 0.275 e. The molecule has 1 aliphatic rings. The molecular weight excluding hydrogens is 418 g/mol. The summed E-state index contributed by atoms with van der Waals surface area (Å²) in [5.74, 6) is 0.554. The van der Waals surface area contributed by atoms with Crippen LogP contribution in [0, 0.1) is 6.92 Å². The number of hydrogen-bond acceptors (Lipinski definition) is 7. The highest BCUT2D eigenvalue weighted by Gasteiger charge is 2.36. The molecule has 1 unspecified atom stereocenters. The number of nitrogens with zero attached hydrogens (tertiary/aromatic N) is 7. The lowest BCUT2D eigenvalue weighted by molar-refractivity contribution is 0.0703. The molecule has 0 N–H and O–H groups in total. The molecule has 3 aromatic heterocycles. The van der Waals surface area contributed by atoms with E-state index in [1.165, 1.54) is 4.80 Å². The number of benzene rings is 1. The third-order valence-electron chi connectivity index (χ3n) is 5.21. The van der Waals surface area contributed by atoms with Crippen LogP contribution >= 0.6 is 11.6 Å². The van der Waals surface area contributed by atoms with Gasteiger partial charge in [-0.15, -0.1) is 4.80 Å². The van der Waals surface area contributed by atoms with Crippen LogP contribution in [0.1, 0.15) is 41.0 Å². The van der Waals surface area contributed by atoms with Crippen LogP contribution in [0.2, 0.25) is 5.02 Å². The van der Waals surface area contributed by atoms with E-state index in [0.717, 1.165) is 18.5 Å². The van der Waals surface area contributed by atoms with Crippen LogP contribution in [0.3, 0.4) is 0 Å². The number of pyridine rings is 1. The summed E-state index contributed by atoms with van der Waals surface area (Å²) in [7, 11) is 0. The number of aromatic nitrogens is 6. The van der Waals surface area contributed by atoms with Gasteiger partial charge in [-0.05, 0) is 44.0 Å². The van der Waals surface area contributed by atoms with Crippen molar-refractivity contribution in [2.45, 2.75) is 25.8 Å². The number of carbonyl (C=O) groups is 1. The first kappa shape index (κ1) is 19.4. The van der Waals surface area contributed by atoms with Gasteiger partial charge >= 0.3 is 0 Å². The molecule has 0 aliphatic carbocycles. The molecule has 1 aromatic carbocycles. The summed E-state index contributed by atoms with van der Waals surface area (Å²) in [4.78, 5) is 25.7. The maximum absolute atomic E-state index is 13.5. The van der Waals surface area contributed by atoms with Gasteiger partial charge in [0.05, 0.1) is 17.4 Å². The topological polar surface area (TPSA) is 103 Å². The fourth-order valence-corrected chi connectivity index (χ4v) is 3.95. The lowest BCUT2D eigenvalue weighted by atomic mass is 10.2. The van der Waals surface area contributed by atoms with Gasteiger partial charge in [0.2, 0.25) is 11.7 Å². The fourth-order valence-electron chi connectivity index (χ4n) is 3.73. The van der Waals surface area contributed by atoms with Crippen LogP contribution in [0.5, 0.6) is 0 Å². The van der Waals surface area contributed by atoms with Crippen molar-refractivity contribution in [3.8, 4) is 17.1 Å². The zero-order valence-corrected chi connectivity index (χ0v) is 17.4. The molecule has 4 aromatic rings. The van der Waals surface area contributed by atoms with Crippen molar-refractivity contribution in [2.75, 3.05) is 6.54 Å². The highest BCUT2D eigenvalue weighted by atomic mass is 35.5. The summed E-state index contributed by atoms with van der Waals surface area (Å²) in [6, 6.07) is 10.6. The number of aryl methyl sites for hydroxylation is 1. The standard InChI is InChI=1S/C21H18ClN7O2/c1-13-8-9-16(29-23-10-11-24-29)18(25-13)21(30)28-12-4-7-17(28)20-26-19(27-31-20)14-5-2-3-6-15(14)22/h2-3,5-6,8-11,17H,4,7,12H2,1H3. The molecule has 10 heteroatoms. The van der Waals surface area contributed by atoms with Crippen molar-refractivity contribution in [3.63, 3.8) is 0 Å². The minimum Gasteiger partial charge on any atom is -0.337 e. The fraction of sp³-hybridized carbons (Fsp3) is 0.238. The summed E-state index contributed by atoms with van der Waals surface area (Å²) >= 11 is 6.26. The summed E-state index contributed by atoms with van der Waals surface area (Å²) in [6.07, 6.45) is 4.65. The van der Waals surface area contributed by atoms with Gasteiger partial charge < -0.3 is 9.42 Å². The predicted molar refractivity (Wildman–Crippen MR) is 112 cm³/mol. The maximum atomic E-state index is 13.5. The van der Waals surface area contributed by atoms with Crippen molar-refractivity contribution < 1.29 is 9.32 Å². The first-order chi connectivity index (χ1) is 15.1. The molecule has 1 atom stereocenters. The van der Waals surface area contributed by atoms with E-state index in [1.807, 2.05) is 31.2 Å². The Morgan fingerprint density at radius 1 is 1.13 bits per heavy atom. The third kappa shape index (κ3) is 3.57. The van der Waals surface area contributed by atoms with E-state index in [0.29, 0.717) is 34.5 Å². The average Bonchev–Trinajstić information content (AvgIpc) is 3.54. The molecule has 156 valence electrons. The van der Waals surface area contributed by atoms with Crippen LogP contribution in [0.15, 0.2) is 53.3 Å². The number of likely N-dealkylation sites (tertiary alicyclic amines) is 1. The molecule has 5 rings (SSSR count). The van der Waals surface area contributed by atoms with E-state index in [2.05, 4.69) is 25.3 Å². The van der Waals surface area contributed by atoms with E-state index in [-0.39, 0.29) is 17.6 Å². The SMILES string of the molecule is Cc1ccc(-n2nccn2)c(C(=O)N2CCCC2c2nc(-c3ccccc3Cl)no2)n1. The van der Waals surface area contributed by atoms with Crippen LogP contribution in [0.25, 0.3) is 17.1 Å². The number of amides is 1. The highest BCUT2D eigenvalue weighted by molar-refractivity contribution is 6.33. The molecular formula is C21H18ClN7O2. The van der Waals surface area contributed by atoms with Gasteiger partial charge in [-0.1, -0.05) is 28.9 Å². The molecule has 0 saturated carbocycles. The van der Waals surface area contributed by atoms with E-state index >= 15 is 0 Å². The number of halogens is 1. The molecule has 1 fully saturated rings. The quantitative estimate of drug-likeness (QED) is 0.482. The first-order valence-corrected chi connectivity index (χ1v) is 10.2. The zero-order valence-electron chi connectivity index (χ0n) is 16.6. The van der Waals surface area contributed by atoms with Gasteiger partial charge in [-0.3, -0.25) is 4.79 Å². The molecule has 31 heavy (non-hydrogen) atoms. The normalized spacial score (nSPS) is 16.1. The number of rotatable bonds is 4. The Bertz CT molecular complexity index is 1240. The average molecular weight is 436 g/mol. The Hall–Kier alpha value is -3.59. The molecule has 1 aliphatic heterocycles. The van der Waals surface area contributed by atoms with E-state index < -0.39 is 0 Å². The largest absolute Gasteiger partial charge is 0.337 e. The Morgan fingerprint density at radius 2 is 1.94 bits per heavy atom. The van der Waals surface area contributed by atoms with Gasteiger partial charge in [0.15, 0.2) is 5.69 Å². The lowest BCUT2D eigenvalue weighted by Crippen LogP contribution is -2.32. The van der Waals surface area contributed by atoms with Gasteiger partial charge in [0.25, 0.3) is 5.91 Å². The van der Waals surface area contributed by atoms with Crippen LogP contribution in [-0.4, -0.2) is 47.5 Å². The zero-order chi connectivity index (χ0) is 21.4. The van der Waals surface area contributed by atoms with Gasteiger partial charge in [-0.25, -0.2) is 4.98 Å². The van der Waals surface area contributed by atoms with Crippen molar-refractivity contribution >= 4 is 17.5 Å².